The summed E-state index contributed by atoms with van der Waals surface area (Å²) >= 11 is 0. The van der Waals surface area contributed by atoms with Gasteiger partial charge in [0, 0.05) is 18.7 Å². The lowest BCUT2D eigenvalue weighted by Crippen LogP contribution is -2.35. The van der Waals surface area contributed by atoms with Crippen LogP contribution in [0.25, 0.3) is 0 Å². The van der Waals surface area contributed by atoms with Crippen molar-refractivity contribution in [1.82, 2.24) is 4.90 Å². The summed E-state index contributed by atoms with van der Waals surface area (Å²) in [4.78, 5) is 14.3. The molecule has 3 rings (SSSR count). The van der Waals surface area contributed by atoms with E-state index in [0.717, 1.165) is 17.5 Å². The Morgan fingerprint density at radius 1 is 1.10 bits per heavy atom. The molecule has 0 atom stereocenters. The molecule has 0 aliphatic carbocycles. The molecule has 2 aromatic carbocycles. The maximum Gasteiger partial charge on any atom is 0.254 e. The highest BCUT2D eigenvalue weighted by Crippen LogP contribution is 2.25. The van der Waals surface area contributed by atoms with Gasteiger partial charge in [-0.3, -0.25) is 4.79 Å². The van der Waals surface area contributed by atoms with E-state index in [-0.39, 0.29) is 17.4 Å². The number of carbonyl (C=O) groups excluding carboxylic acids is 1. The van der Waals surface area contributed by atoms with E-state index in [4.69, 9.17) is 0 Å². The first-order chi connectivity index (χ1) is 10.0. The summed E-state index contributed by atoms with van der Waals surface area (Å²) in [6.07, 6.45) is 0.777. The molecule has 0 bridgehead atoms. The van der Waals surface area contributed by atoms with Gasteiger partial charge in [0.25, 0.3) is 5.91 Å². The highest BCUT2D eigenvalue weighted by Gasteiger charge is 2.22. The average molecular weight is 283 g/mol. The fourth-order valence-electron chi connectivity index (χ4n) is 2.64. The number of nitrogens with zero attached hydrogens (tertiary/aromatic N) is 1. The van der Waals surface area contributed by atoms with Gasteiger partial charge in [0.2, 0.25) is 0 Å². The lowest BCUT2D eigenvalue weighted by atomic mass is 9.98. The first-order valence-electron chi connectivity index (χ1n) is 6.94. The Labute approximate surface area is 123 Å². The van der Waals surface area contributed by atoms with Crippen molar-refractivity contribution >= 4 is 5.91 Å². The number of aromatic hydroxyl groups is 2. The lowest BCUT2D eigenvalue weighted by molar-refractivity contribution is 0.0734. The van der Waals surface area contributed by atoms with E-state index in [9.17, 15) is 15.0 Å². The van der Waals surface area contributed by atoms with Crippen LogP contribution in [0.15, 0.2) is 36.4 Å². The number of benzene rings is 2. The van der Waals surface area contributed by atoms with Gasteiger partial charge in [0.15, 0.2) is 0 Å². The summed E-state index contributed by atoms with van der Waals surface area (Å²) < 4.78 is 0. The highest BCUT2D eigenvalue weighted by atomic mass is 16.3. The van der Waals surface area contributed by atoms with Crippen molar-refractivity contribution in [2.45, 2.75) is 19.9 Å². The second kappa shape index (κ2) is 5.13. The molecule has 1 aliphatic rings. The Hall–Kier alpha value is -2.49. The quantitative estimate of drug-likeness (QED) is 0.845. The first-order valence-corrected chi connectivity index (χ1v) is 6.94. The van der Waals surface area contributed by atoms with Crippen LogP contribution in [0.5, 0.6) is 11.5 Å². The number of amides is 1. The second-order valence-corrected chi connectivity index (χ2v) is 5.43. The molecule has 0 saturated heterocycles. The maximum absolute atomic E-state index is 12.5. The predicted molar refractivity (Wildman–Crippen MR) is 79.4 cm³/mol. The minimum Gasteiger partial charge on any atom is -0.508 e. The molecule has 0 saturated carbocycles. The van der Waals surface area contributed by atoms with Gasteiger partial charge in [-0.15, -0.1) is 0 Å². The van der Waals surface area contributed by atoms with Crippen molar-refractivity contribution in [2.75, 3.05) is 6.54 Å². The van der Waals surface area contributed by atoms with Crippen molar-refractivity contribution in [3.05, 3.63) is 58.7 Å². The van der Waals surface area contributed by atoms with E-state index in [1.54, 1.807) is 36.1 Å². The number of carbonyl (C=O) groups is 1. The van der Waals surface area contributed by atoms with E-state index in [1.165, 1.54) is 11.6 Å². The highest BCUT2D eigenvalue weighted by molar-refractivity contribution is 5.94. The Bertz CT molecular complexity index is 709. The van der Waals surface area contributed by atoms with Crippen molar-refractivity contribution in [3.63, 3.8) is 0 Å². The Kier molecular flexibility index (Phi) is 3.29. The molecule has 0 unspecified atom stereocenters. The molecule has 0 fully saturated rings. The molecule has 0 spiro atoms. The smallest absolute Gasteiger partial charge is 0.254 e. The van der Waals surface area contributed by atoms with E-state index in [2.05, 4.69) is 0 Å². The molecule has 4 nitrogen and oxygen atoms in total. The van der Waals surface area contributed by atoms with Gasteiger partial charge in [-0.05, 0) is 54.3 Å². The van der Waals surface area contributed by atoms with Crippen LogP contribution in [0.1, 0.15) is 27.0 Å². The summed E-state index contributed by atoms with van der Waals surface area (Å²) in [6.45, 7) is 2.92. The van der Waals surface area contributed by atoms with E-state index in [1.807, 2.05) is 6.07 Å². The topological polar surface area (TPSA) is 60.8 Å². The average Bonchev–Trinajstić information content (AvgIpc) is 2.48. The number of rotatable bonds is 1. The fourth-order valence-corrected chi connectivity index (χ4v) is 2.64. The summed E-state index contributed by atoms with van der Waals surface area (Å²) in [5.74, 6) is 0.256. The van der Waals surface area contributed by atoms with Crippen LogP contribution in [0.2, 0.25) is 0 Å². The van der Waals surface area contributed by atoms with E-state index in [0.29, 0.717) is 18.7 Å². The zero-order valence-corrected chi connectivity index (χ0v) is 11.8. The number of hydrogen-bond donors (Lipinski definition) is 2. The normalized spacial score (nSPS) is 13.9. The molecular weight excluding hydrogens is 266 g/mol. The number of hydrogen-bond acceptors (Lipinski definition) is 3. The molecule has 0 radical (unpaired) electrons. The third-order valence-electron chi connectivity index (χ3n) is 3.95. The van der Waals surface area contributed by atoms with Crippen molar-refractivity contribution in [3.8, 4) is 11.5 Å². The molecule has 2 N–H and O–H groups in total. The number of fused-ring (bicyclic) bond motifs is 1. The van der Waals surface area contributed by atoms with Crippen LogP contribution in [-0.2, 0) is 13.0 Å². The molecule has 4 heteroatoms. The Balaban J connectivity index is 1.85. The number of aryl methyl sites for hydroxylation is 1. The van der Waals surface area contributed by atoms with Gasteiger partial charge in [-0.2, -0.15) is 0 Å². The van der Waals surface area contributed by atoms with Gasteiger partial charge in [0.1, 0.15) is 11.5 Å². The van der Waals surface area contributed by atoms with Crippen LogP contribution >= 0.6 is 0 Å². The zero-order valence-electron chi connectivity index (χ0n) is 11.8. The standard InChI is InChI=1S/C17H17NO3/c1-11-2-3-13(9-16(11)20)17(21)18-7-6-12-4-5-15(19)8-14(12)10-18/h2-5,8-9,19-20H,6-7,10H2,1H3. The summed E-state index contributed by atoms with van der Waals surface area (Å²) in [5, 5.41) is 19.3. The van der Waals surface area contributed by atoms with E-state index < -0.39 is 0 Å². The number of phenols is 2. The molecule has 1 amide bonds. The molecule has 1 aliphatic heterocycles. The van der Waals surface area contributed by atoms with Gasteiger partial charge >= 0.3 is 0 Å². The van der Waals surface area contributed by atoms with Gasteiger partial charge < -0.3 is 15.1 Å². The van der Waals surface area contributed by atoms with Crippen LogP contribution in [0.3, 0.4) is 0 Å². The van der Waals surface area contributed by atoms with Crippen LogP contribution in [-0.4, -0.2) is 27.6 Å². The van der Waals surface area contributed by atoms with Crippen molar-refractivity contribution in [2.24, 2.45) is 0 Å². The second-order valence-electron chi connectivity index (χ2n) is 5.43. The van der Waals surface area contributed by atoms with Crippen molar-refractivity contribution < 1.29 is 15.0 Å². The van der Waals surface area contributed by atoms with Crippen LogP contribution < -0.4 is 0 Å². The minimum atomic E-state index is -0.0979. The third-order valence-corrected chi connectivity index (χ3v) is 3.95. The van der Waals surface area contributed by atoms with Gasteiger partial charge in [0.05, 0.1) is 0 Å². The molecule has 1 heterocycles. The first kappa shape index (κ1) is 13.5. The van der Waals surface area contributed by atoms with Gasteiger partial charge in [-0.25, -0.2) is 0 Å². The summed E-state index contributed by atoms with van der Waals surface area (Å²) in [5.41, 5.74) is 3.39. The monoisotopic (exact) mass is 283 g/mol. The maximum atomic E-state index is 12.5. The molecule has 2 aromatic rings. The third kappa shape index (κ3) is 2.57. The van der Waals surface area contributed by atoms with Crippen molar-refractivity contribution in [1.29, 1.82) is 0 Å². The fraction of sp³-hybridized carbons (Fsp3) is 0.235. The molecule has 21 heavy (non-hydrogen) atoms. The summed E-state index contributed by atoms with van der Waals surface area (Å²) in [7, 11) is 0. The molecule has 108 valence electrons. The Morgan fingerprint density at radius 3 is 2.67 bits per heavy atom. The SMILES string of the molecule is Cc1ccc(C(=O)N2CCc3ccc(O)cc3C2)cc1O. The molecule has 0 aromatic heterocycles. The predicted octanol–water partition coefficient (Wildman–Crippen LogP) is 2.60. The van der Waals surface area contributed by atoms with Gasteiger partial charge in [-0.1, -0.05) is 12.1 Å². The minimum absolute atomic E-state index is 0.0979. The Morgan fingerprint density at radius 2 is 1.90 bits per heavy atom. The largest absolute Gasteiger partial charge is 0.508 e. The van der Waals surface area contributed by atoms with E-state index >= 15 is 0 Å². The lowest BCUT2D eigenvalue weighted by Gasteiger charge is -2.29. The summed E-state index contributed by atoms with van der Waals surface area (Å²) in [6, 6.07) is 10.3. The van der Waals surface area contributed by atoms with Crippen LogP contribution in [0, 0.1) is 6.92 Å². The van der Waals surface area contributed by atoms with Crippen LogP contribution in [0.4, 0.5) is 0 Å². The zero-order chi connectivity index (χ0) is 15.0. The molecular formula is C17H17NO3. The number of phenolic OH excluding ortho intramolecular Hbond substituents is 2.